The van der Waals surface area contributed by atoms with Crippen LogP contribution in [-0.4, -0.2) is 14.8 Å². The van der Waals surface area contributed by atoms with Gasteiger partial charge in [-0.2, -0.15) is 0 Å². The molecule has 0 aliphatic heterocycles. The van der Waals surface area contributed by atoms with Gasteiger partial charge in [-0.25, -0.2) is 4.57 Å². The van der Waals surface area contributed by atoms with Crippen LogP contribution in [-0.2, 0) is 5.41 Å². The van der Waals surface area contributed by atoms with Gasteiger partial charge in [0.05, 0.1) is 16.5 Å². The van der Waals surface area contributed by atoms with E-state index in [2.05, 4.69) is 20.8 Å². The van der Waals surface area contributed by atoms with Crippen LogP contribution in [0.15, 0.2) is 70.3 Å². The van der Waals surface area contributed by atoms with Crippen LogP contribution in [0.1, 0.15) is 26.3 Å². The molecule has 0 saturated carbocycles. The first kappa shape index (κ1) is 18.7. The summed E-state index contributed by atoms with van der Waals surface area (Å²) in [6.07, 6.45) is 0. The summed E-state index contributed by atoms with van der Waals surface area (Å²) in [5.41, 5.74) is 0.327. The summed E-state index contributed by atoms with van der Waals surface area (Å²) < 4.78 is 1.09. The fourth-order valence-corrected chi connectivity index (χ4v) is 3.64. The highest BCUT2D eigenvalue weighted by Gasteiger charge is 2.18. The molecule has 0 saturated heterocycles. The van der Waals surface area contributed by atoms with Crippen molar-refractivity contribution in [2.24, 2.45) is 0 Å². The average molecular weight is 387 g/mol. The number of aromatic hydroxyl groups is 2. The normalized spacial score (nSPS) is 11.8. The number of phenolic OH excluding ortho intramolecular Hbond substituents is 2. The zero-order chi connectivity index (χ0) is 20.9. The van der Waals surface area contributed by atoms with Gasteiger partial charge in [0.1, 0.15) is 11.5 Å². The van der Waals surface area contributed by atoms with Crippen molar-refractivity contribution in [2.75, 3.05) is 0 Å². The Bertz CT molecular complexity index is 1300. The van der Waals surface area contributed by atoms with Crippen LogP contribution in [0, 0.1) is 0 Å². The van der Waals surface area contributed by atoms with E-state index in [1.807, 2.05) is 12.1 Å². The predicted octanol–water partition coefficient (Wildman–Crippen LogP) is 4.21. The molecule has 0 radical (unpaired) electrons. The maximum atomic E-state index is 13.4. The van der Waals surface area contributed by atoms with Crippen molar-refractivity contribution < 1.29 is 10.2 Å². The topological polar surface area (TPSA) is 79.5 Å². The smallest absolute Gasteiger partial charge is 0.266 e. The highest BCUT2D eigenvalue weighted by atomic mass is 16.3. The Morgan fingerprint density at radius 3 is 1.55 bits per heavy atom. The van der Waals surface area contributed by atoms with Crippen molar-refractivity contribution in [1.29, 1.82) is 0 Å². The number of hydrogen-bond donors (Lipinski definition) is 2. The molecule has 0 bridgehead atoms. The molecule has 4 aromatic rings. The maximum Gasteiger partial charge on any atom is 0.266 e. The lowest BCUT2D eigenvalue weighted by Crippen LogP contribution is -2.28. The molecule has 0 aliphatic carbocycles. The highest BCUT2D eigenvalue weighted by Crippen LogP contribution is 2.33. The summed E-state index contributed by atoms with van der Waals surface area (Å²) in [6.45, 7) is 6.26. The van der Waals surface area contributed by atoms with E-state index in [0.29, 0.717) is 5.69 Å². The molecule has 5 nitrogen and oxygen atoms in total. The third-order valence-electron chi connectivity index (χ3n) is 5.19. The minimum atomic E-state index is -0.556. The Balaban J connectivity index is 2.22. The zero-order valence-electron chi connectivity index (χ0n) is 16.4. The van der Waals surface area contributed by atoms with E-state index in [1.165, 1.54) is 12.1 Å². The van der Waals surface area contributed by atoms with Gasteiger partial charge in [-0.1, -0.05) is 45.0 Å². The number of fused-ring (bicyclic) bond motifs is 3. The second kappa shape index (κ2) is 6.48. The largest absolute Gasteiger partial charge is 0.507 e. The first-order valence-electron chi connectivity index (χ1n) is 9.34. The van der Waals surface area contributed by atoms with Gasteiger partial charge >= 0.3 is 0 Å². The predicted molar refractivity (Wildman–Crippen MR) is 115 cm³/mol. The van der Waals surface area contributed by atoms with Gasteiger partial charge in [-0.05, 0) is 47.4 Å². The Hall–Kier alpha value is -3.60. The van der Waals surface area contributed by atoms with E-state index >= 15 is 0 Å². The molecule has 0 aliphatic rings. The molecular formula is C24H21NO4. The molecule has 29 heavy (non-hydrogen) atoms. The lowest BCUT2D eigenvalue weighted by atomic mass is 9.87. The first-order chi connectivity index (χ1) is 13.7. The Kier molecular flexibility index (Phi) is 4.19. The molecule has 4 rings (SSSR count). The average Bonchev–Trinajstić information content (AvgIpc) is 2.76. The van der Waals surface area contributed by atoms with E-state index in [-0.39, 0.29) is 38.5 Å². The van der Waals surface area contributed by atoms with Gasteiger partial charge in [0, 0.05) is 10.8 Å². The van der Waals surface area contributed by atoms with Crippen molar-refractivity contribution >= 4 is 21.5 Å². The summed E-state index contributed by atoms with van der Waals surface area (Å²) in [7, 11) is 0. The minimum absolute atomic E-state index is 0.0673. The molecule has 0 atom stereocenters. The second-order valence-corrected chi connectivity index (χ2v) is 8.14. The molecule has 0 unspecified atom stereocenters. The van der Waals surface area contributed by atoms with Gasteiger partial charge in [-0.3, -0.25) is 9.59 Å². The van der Waals surface area contributed by atoms with Crippen molar-refractivity contribution in [2.45, 2.75) is 26.2 Å². The van der Waals surface area contributed by atoms with E-state index in [0.717, 1.165) is 10.1 Å². The molecular weight excluding hydrogens is 366 g/mol. The summed E-state index contributed by atoms with van der Waals surface area (Å²) in [6, 6.07) is 16.3. The van der Waals surface area contributed by atoms with E-state index in [1.54, 1.807) is 36.4 Å². The number of phenols is 2. The summed E-state index contributed by atoms with van der Waals surface area (Å²) >= 11 is 0. The molecule has 0 amide bonds. The Morgan fingerprint density at radius 1 is 0.690 bits per heavy atom. The van der Waals surface area contributed by atoms with E-state index in [4.69, 9.17) is 0 Å². The molecule has 5 heteroatoms. The number of aromatic nitrogens is 1. The third kappa shape index (κ3) is 2.95. The standard InChI is InChI=1S/C24H21NO4/c1-24(2,3)14-10-12-15(13-11-14)25-22(28)16-6-4-8-18(26)20(16)21-17(23(25)29)7-5-9-19(21)27/h4-13,26-27H,1-3H3. The van der Waals surface area contributed by atoms with Crippen molar-refractivity contribution in [3.8, 4) is 17.2 Å². The van der Waals surface area contributed by atoms with Gasteiger partial charge in [0.15, 0.2) is 0 Å². The summed E-state index contributed by atoms with van der Waals surface area (Å²) in [5.74, 6) is -0.340. The summed E-state index contributed by atoms with van der Waals surface area (Å²) in [5, 5.41) is 21.5. The maximum absolute atomic E-state index is 13.4. The zero-order valence-corrected chi connectivity index (χ0v) is 16.4. The van der Waals surface area contributed by atoms with Crippen LogP contribution in [0.2, 0.25) is 0 Å². The van der Waals surface area contributed by atoms with Crippen LogP contribution in [0.4, 0.5) is 0 Å². The van der Waals surface area contributed by atoms with Crippen LogP contribution in [0.3, 0.4) is 0 Å². The molecule has 0 fully saturated rings. The van der Waals surface area contributed by atoms with Crippen molar-refractivity contribution in [3.63, 3.8) is 0 Å². The van der Waals surface area contributed by atoms with Crippen LogP contribution >= 0.6 is 0 Å². The Morgan fingerprint density at radius 2 is 1.14 bits per heavy atom. The molecule has 1 heterocycles. The van der Waals surface area contributed by atoms with Crippen LogP contribution in [0.5, 0.6) is 11.5 Å². The first-order valence-corrected chi connectivity index (χ1v) is 9.34. The highest BCUT2D eigenvalue weighted by molar-refractivity contribution is 6.11. The minimum Gasteiger partial charge on any atom is -0.507 e. The molecule has 1 aromatic heterocycles. The number of rotatable bonds is 1. The molecule has 2 N–H and O–H groups in total. The van der Waals surface area contributed by atoms with Gasteiger partial charge in [0.2, 0.25) is 0 Å². The SMILES string of the molecule is CC(C)(C)c1ccc(-n2c(=O)c3cccc(O)c3c3c(O)cccc3c2=O)cc1. The number of hydrogen-bond acceptors (Lipinski definition) is 4. The third-order valence-corrected chi connectivity index (χ3v) is 5.19. The van der Waals surface area contributed by atoms with Gasteiger partial charge in [0.25, 0.3) is 11.1 Å². The van der Waals surface area contributed by atoms with Gasteiger partial charge < -0.3 is 10.2 Å². The van der Waals surface area contributed by atoms with Crippen molar-refractivity contribution in [1.82, 2.24) is 4.57 Å². The lowest BCUT2D eigenvalue weighted by molar-refractivity contribution is 0.477. The molecule has 146 valence electrons. The van der Waals surface area contributed by atoms with Crippen LogP contribution in [0.25, 0.3) is 27.2 Å². The van der Waals surface area contributed by atoms with Crippen molar-refractivity contribution in [3.05, 3.63) is 86.9 Å². The lowest BCUT2D eigenvalue weighted by Gasteiger charge is -2.19. The fourth-order valence-electron chi connectivity index (χ4n) is 3.64. The fraction of sp³-hybridized carbons (Fsp3) is 0.167. The molecule has 0 spiro atoms. The molecule has 3 aromatic carbocycles. The monoisotopic (exact) mass is 387 g/mol. The summed E-state index contributed by atoms with van der Waals surface area (Å²) in [4.78, 5) is 26.7. The number of nitrogens with zero attached hydrogens (tertiary/aromatic N) is 1. The van der Waals surface area contributed by atoms with Gasteiger partial charge in [-0.15, -0.1) is 0 Å². The second-order valence-electron chi connectivity index (χ2n) is 8.14. The van der Waals surface area contributed by atoms with E-state index in [9.17, 15) is 19.8 Å². The quantitative estimate of drug-likeness (QED) is 0.513. The van der Waals surface area contributed by atoms with E-state index < -0.39 is 11.1 Å². The number of benzene rings is 3. The Labute approximate surface area is 167 Å². The van der Waals surface area contributed by atoms with Crippen LogP contribution < -0.4 is 11.1 Å².